The van der Waals surface area contributed by atoms with Gasteiger partial charge in [-0.25, -0.2) is 9.97 Å². The third-order valence-corrected chi connectivity index (χ3v) is 3.82. The van der Waals surface area contributed by atoms with E-state index in [1.807, 2.05) is 49.3 Å². The minimum atomic E-state index is 0.735. The molecule has 0 aliphatic rings. The van der Waals surface area contributed by atoms with Crippen molar-refractivity contribution in [1.82, 2.24) is 14.5 Å². The van der Waals surface area contributed by atoms with E-state index in [1.165, 1.54) is 0 Å². The molecule has 0 unspecified atom stereocenters. The van der Waals surface area contributed by atoms with E-state index in [1.54, 1.807) is 0 Å². The van der Waals surface area contributed by atoms with Crippen molar-refractivity contribution in [3.63, 3.8) is 0 Å². The van der Waals surface area contributed by atoms with Crippen LogP contribution in [-0.2, 0) is 13.6 Å². The summed E-state index contributed by atoms with van der Waals surface area (Å²) in [6.07, 6.45) is 3.77. The predicted octanol–water partition coefficient (Wildman–Crippen LogP) is 3.37. The molecule has 0 aliphatic heterocycles. The SMILES string of the molecule is CN(Cc1nccn1C)c1ccc2cc(Br)ccc2n1. The Bertz CT molecular complexity index is 750. The first-order valence-corrected chi connectivity index (χ1v) is 7.16. The van der Waals surface area contributed by atoms with Gasteiger partial charge in [-0.2, -0.15) is 0 Å². The average Bonchev–Trinajstić information content (AvgIpc) is 2.83. The van der Waals surface area contributed by atoms with Crippen LogP contribution < -0.4 is 4.90 Å². The molecule has 0 saturated heterocycles. The summed E-state index contributed by atoms with van der Waals surface area (Å²) in [6, 6.07) is 10.2. The molecule has 0 fully saturated rings. The first kappa shape index (κ1) is 13.1. The Labute approximate surface area is 126 Å². The van der Waals surface area contributed by atoms with Gasteiger partial charge in [0.15, 0.2) is 0 Å². The number of nitrogens with zero attached hydrogens (tertiary/aromatic N) is 4. The maximum Gasteiger partial charge on any atom is 0.129 e. The molecule has 0 bridgehead atoms. The van der Waals surface area contributed by atoms with Crippen LogP contribution in [0.15, 0.2) is 47.2 Å². The summed E-state index contributed by atoms with van der Waals surface area (Å²) in [5, 5.41) is 1.13. The number of imidazole rings is 1. The monoisotopic (exact) mass is 330 g/mol. The Balaban J connectivity index is 1.90. The number of benzene rings is 1. The first-order valence-electron chi connectivity index (χ1n) is 6.37. The molecule has 3 rings (SSSR count). The number of rotatable bonds is 3. The largest absolute Gasteiger partial charge is 0.352 e. The van der Waals surface area contributed by atoms with Crippen molar-refractivity contribution in [1.29, 1.82) is 0 Å². The van der Waals surface area contributed by atoms with Crippen LogP contribution >= 0.6 is 15.9 Å². The summed E-state index contributed by atoms with van der Waals surface area (Å²) >= 11 is 3.48. The maximum absolute atomic E-state index is 4.69. The highest BCUT2D eigenvalue weighted by Crippen LogP contribution is 2.21. The van der Waals surface area contributed by atoms with E-state index in [4.69, 9.17) is 4.98 Å². The number of anilines is 1. The second-order valence-corrected chi connectivity index (χ2v) is 5.73. The van der Waals surface area contributed by atoms with Crippen LogP contribution in [-0.4, -0.2) is 21.6 Å². The number of fused-ring (bicyclic) bond motifs is 1. The zero-order chi connectivity index (χ0) is 14.1. The molecule has 0 saturated carbocycles. The molecule has 3 aromatic rings. The fourth-order valence-electron chi connectivity index (χ4n) is 2.14. The lowest BCUT2D eigenvalue weighted by atomic mass is 10.2. The fourth-order valence-corrected chi connectivity index (χ4v) is 2.52. The summed E-state index contributed by atoms with van der Waals surface area (Å²) < 4.78 is 3.09. The molecular formula is C15H15BrN4. The van der Waals surface area contributed by atoms with Gasteiger partial charge in [0.25, 0.3) is 0 Å². The molecular weight excluding hydrogens is 316 g/mol. The van der Waals surface area contributed by atoms with E-state index in [2.05, 4.69) is 37.9 Å². The van der Waals surface area contributed by atoms with E-state index in [-0.39, 0.29) is 0 Å². The molecule has 0 aliphatic carbocycles. The molecule has 5 heteroatoms. The second-order valence-electron chi connectivity index (χ2n) is 4.82. The van der Waals surface area contributed by atoms with Gasteiger partial charge >= 0.3 is 0 Å². The number of hydrogen-bond acceptors (Lipinski definition) is 3. The Morgan fingerprint density at radius 2 is 2.10 bits per heavy atom. The molecule has 102 valence electrons. The standard InChI is InChI=1S/C15H15BrN4/c1-19-8-7-17-15(19)10-20(2)14-6-3-11-9-12(16)4-5-13(11)18-14/h3-9H,10H2,1-2H3. The van der Waals surface area contributed by atoms with Gasteiger partial charge in [0.2, 0.25) is 0 Å². The van der Waals surface area contributed by atoms with Gasteiger partial charge in [0, 0.05) is 36.3 Å². The summed E-state index contributed by atoms with van der Waals surface area (Å²) in [4.78, 5) is 11.1. The predicted molar refractivity (Wildman–Crippen MR) is 84.8 cm³/mol. The number of aromatic nitrogens is 3. The van der Waals surface area contributed by atoms with Gasteiger partial charge in [0.05, 0.1) is 12.1 Å². The minimum Gasteiger partial charge on any atom is -0.352 e. The van der Waals surface area contributed by atoms with Gasteiger partial charge in [-0.05, 0) is 30.3 Å². The van der Waals surface area contributed by atoms with Crippen molar-refractivity contribution >= 4 is 32.7 Å². The quantitative estimate of drug-likeness (QED) is 0.738. The Morgan fingerprint density at radius 1 is 1.25 bits per heavy atom. The first-order chi connectivity index (χ1) is 9.63. The summed E-state index contributed by atoms with van der Waals surface area (Å²) in [6.45, 7) is 0.735. The van der Waals surface area contributed by atoms with Crippen molar-refractivity contribution in [3.05, 3.63) is 53.0 Å². The maximum atomic E-state index is 4.69. The molecule has 4 nitrogen and oxygen atoms in total. The van der Waals surface area contributed by atoms with E-state index >= 15 is 0 Å². The third-order valence-electron chi connectivity index (χ3n) is 3.33. The van der Waals surface area contributed by atoms with Gasteiger partial charge in [-0.3, -0.25) is 0 Å². The number of aryl methyl sites for hydroxylation is 1. The summed E-state index contributed by atoms with van der Waals surface area (Å²) in [7, 11) is 4.03. The number of halogens is 1. The molecule has 0 atom stereocenters. The minimum absolute atomic E-state index is 0.735. The molecule has 2 aromatic heterocycles. The lowest BCUT2D eigenvalue weighted by molar-refractivity contribution is 0.756. The van der Waals surface area contributed by atoms with Crippen LogP contribution in [0.3, 0.4) is 0 Å². The van der Waals surface area contributed by atoms with Crippen LogP contribution in [0.4, 0.5) is 5.82 Å². The third kappa shape index (κ3) is 2.54. The van der Waals surface area contributed by atoms with E-state index in [0.717, 1.165) is 33.6 Å². The summed E-state index contributed by atoms with van der Waals surface area (Å²) in [5.74, 6) is 1.97. The highest BCUT2D eigenvalue weighted by atomic mass is 79.9. The molecule has 0 radical (unpaired) electrons. The molecule has 0 amide bonds. The Morgan fingerprint density at radius 3 is 2.85 bits per heavy atom. The number of pyridine rings is 1. The van der Waals surface area contributed by atoms with Gasteiger partial charge in [0.1, 0.15) is 11.6 Å². The second kappa shape index (κ2) is 5.25. The normalized spacial score (nSPS) is 10.9. The van der Waals surface area contributed by atoms with E-state index in [0.29, 0.717) is 0 Å². The van der Waals surface area contributed by atoms with E-state index < -0.39 is 0 Å². The molecule has 0 spiro atoms. The van der Waals surface area contributed by atoms with Gasteiger partial charge in [-0.15, -0.1) is 0 Å². The lowest BCUT2D eigenvalue weighted by Crippen LogP contribution is -2.20. The van der Waals surface area contributed by atoms with Gasteiger partial charge < -0.3 is 9.47 Å². The Hall–Kier alpha value is -1.88. The van der Waals surface area contributed by atoms with E-state index in [9.17, 15) is 0 Å². The van der Waals surface area contributed by atoms with Crippen LogP contribution in [0, 0.1) is 0 Å². The average molecular weight is 331 g/mol. The van der Waals surface area contributed by atoms with Crippen molar-refractivity contribution < 1.29 is 0 Å². The van der Waals surface area contributed by atoms with Crippen LogP contribution in [0.2, 0.25) is 0 Å². The van der Waals surface area contributed by atoms with Crippen LogP contribution in [0.5, 0.6) is 0 Å². The molecule has 1 aromatic carbocycles. The Kier molecular flexibility index (Phi) is 3.44. The highest BCUT2D eigenvalue weighted by Gasteiger charge is 2.07. The van der Waals surface area contributed by atoms with Crippen molar-refractivity contribution in [2.75, 3.05) is 11.9 Å². The van der Waals surface area contributed by atoms with Crippen LogP contribution in [0.1, 0.15) is 5.82 Å². The molecule has 2 heterocycles. The fraction of sp³-hybridized carbons (Fsp3) is 0.200. The zero-order valence-corrected chi connectivity index (χ0v) is 13.0. The molecule has 0 N–H and O–H groups in total. The smallest absolute Gasteiger partial charge is 0.129 e. The van der Waals surface area contributed by atoms with Gasteiger partial charge in [-0.1, -0.05) is 15.9 Å². The van der Waals surface area contributed by atoms with Crippen molar-refractivity contribution in [2.24, 2.45) is 7.05 Å². The highest BCUT2D eigenvalue weighted by molar-refractivity contribution is 9.10. The van der Waals surface area contributed by atoms with Crippen molar-refractivity contribution in [3.8, 4) is 0 Å². The zero-order valence-electron chi connectivity index (χ0n) is 11.4. The van der Waals surface area contributed by atoms with Crippen LogP contribution in [0.25, 0.3) is 10.9 Å². The lowest BCUT2D eigenvalue weighted by Gasteiger charge is -2.18. The van der Waals surface area contributed by atoms with Crippen molar-refractivity contribution in [2.45, 2.75) is 6.54 Å². The topological polar surface area (TPSA) is 34.0 Å². The summed E-state index contributed by atoms with van der Waals surface area (Å²) in [5.41, 5.74) is 0.998. The molecule has 20 heavy (non-hydrogen) atoms. The number of hydrogen-bond donors (Lipinski definition) is 0.